The fraction of sp³-hybridized carbons (Fsp3) is 0.500. The van der Waals surface area contributed by atoms with Crippen LogP contribution in [0.1, 0.15) is 39.5 Å². The van der Waals surface area contributed by atoms with Gasteiger partial charge in [-0.2, -0.15) is 0 Å². The van der Waals surface area contributed by atoms with Gasteiger partial charge < -0.3 is 9.64 Å². The van der Waals surface area contributed by atoms with Gasteiger partial charge in [0.05, 0.1) is 25.1 Å². The first-order chi connectivity index (χ1) is 13.7. The maximum Gasteiger partial charge on any atom is 0.322 e. The molecule has 2 atom stereocenters. The molecule has 0 radical (unpaired) electrons. The van der Waals surface area contributed by atoms with Crippen LogP contribution in [-0.2, 0) is 9.53 Å². The average molecular weight is 425 g/mol. The average Bonchev–Trinajstić information content (AvgIpc) is 3.05. The standard InChI is InChI=1S/C20H24N2O2.ClHO4/c1-3-20(19(23)24-4-2)11-7-12-22-13-10-15-14-8-5-6-9-16(14)21-17(15)18(20)22;2-1(3,4)5/h5-6,8-9H,3-4,7,10-13H2,1-2H3;(H,2,3,4,5). The fourth-order valence-electron chi connectivity index (χ4n) is 4.68. The number of piperidine rings is 1. The van der Waals surface area contributed by atoms with Gasteiger partial charge in [-0.25, -0.2) is 23.6 Å². The minimum Gasteiger partial charge on any atom is -0.465 e. The van der Waals surface area contributed by atoms with Gasteiger partial charge in [0, 0.05) is 11.6 Å². The summed E-state index contributed by atoms with van der Waals surface area (Å²) in [5.41, 5.74) is 3.10. The summed E-state index contributed by atoms with van der Waals surface area (Å²) in [5.74, 6) is -0.0559. The molecule has 0 spiro atoms. The molecule has 1 aromatic carbocycles. The molecule has 2 unspecified atom stereocenters. The van der Waals surface area contributed by atoms with Gasteiger partial charge in [-0.1, -0.05) is 25.1 Å². The topological polar surface area (TPSA) is 135 Å². The highest BCUT2D eigenvalue weighted by atomic mass is 35.7. The molecule has 9 heteroatoms. The Morgan fingerprint density at radius 1 is 1.21 bits per heavy atom. The van der Waals surface area contributed by atoms with Gasteiger partial charge in [0.1, 0.15) is 11.1 Å². The van der Waals surface area contributed by atoms with Crippen LogP contribution in [0.4, 0.5) is 0 Å². The van der Waals surface area contributed by atoms with Crippen molar-refractivity contribution in [2.45, 2.75) is 39.5 Å². The Bertz CT molecular complexity index is 933. The molecule has 3 heterocycles. The van der Waals surface area contributed by atoms with Crippen LogP contribution in [0.25, 0.3) is 5.57 Å². The summed E-state index contributed by atoms with van der Waals surface area (Å²) in [6.45, 7) is 6.59. The fourth-order valence-corrected chi connectivity index (χ4v) is 4.68. The Morgan fingerprint density at radius 2 is 1.90 bits per heavy atom. The maximum atomic E-state index is 12.9. The first kappa shape index (κ1) is 21.9. The predicted octanol–water partition coefficient (Wildman–Crippen LogP) is -4.03. The zero-order valence-corrected chi connectivity index (χ0v) is 17.3. The van der Waals surface area contributed by atoms with E-state index in [1.165, 1.54) is 21.4 Å². The summed E-state index contributed by atoms with van der Waals surface area (Å²) < 4.78 is 39.5. The Morgan fingerprint density at radius 3 is 2.55 bits per heavy atom. The molecular formula is C20H25ClN2O6. The third-order valence-electron chi connectivity index (χ3n) is 5.84. The van der Waals surface area contributed by atoms with Gasteiger partial charge in [-0.15, -0.1) is 10.2 Å². The zero-order valence-electron chi connectivity index (χ0n) is 16.5. The highest BCUT2D eigenvalue weighted by Crippen LogP contribution is 2.42. The van der Waals surface area contributed by atoms with Crippen LogP contribution >= 0.6 is 0 Å². The molecule has 8 nitrogen and oxygen atoms in total. The maximum absolute atomic E-state index is 12.9. The molecular weight excluding hydrogens is 400 g/mol. The van der Waals surface area contributed by atoms with Crippen LogP contribution < -0.4 is 34.1 Å². The number of fused-ring (bicyclic) bond motifs is 3. The number of rotatable bonds is 3. The van der Waals surface area contributed by atoms with E-state index in [0.29, 0.717) is 6.61 Å². The first-order valence-electron chi connectivity index (χ1n) is 9.77. The van der Waals surface area contributed by atoms with Gasteiger partial charge in [0.15, 0.2) is 5.70 Å². The lowest BCUT2D eigenvalue weighted by Gasteiger charge is -2.42. The second kappa shape index (κ2) is 8.51. The number of ether oxygens (including phenoxy) is 1. The third-order valence-corrected chi connectivity index (χ3v) is 5.84. The minimum absolute atomic E-state index is 0.0559. The van der Waals surface area contributed by atoms with Gasteiger partial charge in [0.25, 0.3) is 0 Å². The molecule has 158 valence electrons. The van der Waals surface area contributed by atoms with E-state index in [1.807, 2.05) is 13.0 Å². The lowest BCUT2D eigenvalue weighted by molar-refractivity contribution is -2.00. The van der Waals surface area contributed by atoms with Crippen molar-refractivity contribution in [3.05, 3.63) is 46.2 Å². The number of para-hydroxylation sites is 1. The molecule has 29 heavy (non-hydrogen) atoms. The monoisotopic (exact) mass is 424 g/mol. The summed E-state index contributed by atoms with van der Waals surface area (Å²) in [4.78, 5) is 19.3. The molecule has 0 amide bonds. The number of nitrogens with zero attached hydrogens (tertiary/aromatic N) is 1. The van der Waals surface area contributed by atoms with E-state index in [2.05, 4.69) is 25.1 Å². The van der Waals surface area contributed by atoms with Gasteiger partial charge in [-0.3, -0.25) is 4.79 Å². The number of hydrogen-bond donors (Lipinski definition) is 1. The number of carbonyl (C=O) groups excluding carboxylic acids is 1. The van der Waals surface area contributed by atoms with E-state index in [4.69, 9.17) is 28.4 Å². The van der Waals surface area contributed by atoms with Crippen molar-refractivity contribution in [1.29, 1.82) is 0 Å². The van der Waals surface area contributed by atoms with E-state index in [0.717, 1.165) is 49.8 Å². The summed E-state index contributed by atoms with van der Waals surface area (Å²) in [5, 5.41) is 2.30. The minimum atomic E-state index is -4.94. The summed E-state index contributed by atoms with van der Waals surface area (Å²) in [7, 11) is -4.94. The number of allylic oxidation sites excluding steroid dienone is 1. The molecule has 0 aliphatic carbocycles. The van der Waals surface area contributed by atoms with E-state index < -0.39 is 15.7 Å². The van der Waals surface area contributed by atoms with Crippen molar-refractivity contribution in [2.75, 3.05) is 19.7 Å². The van der Waals surface area contributed by atoms with Gasteiger partial charge in [0.2, 0.25) is 0 Å². The summed E-state index contributed by atoms with van der Waals surface area (Å²) in [6.07, 6.45) is 3.77. The molecule has 1 fully saturated rings. The van der Waals surface area contributed by atoms with Crippen molar-refractivity contribution in [3.63, 3.8) is 0 Å². The smallest absolute Gasteiger partial charge is 0.322 e. The van der Waals surface area contributed by atoms with Crippen LogP contribution in [0, 0.1) is 15.7 Å². The van der Waals surface area contributed by atoms with Crippen LogP contribution in [0.5, 0.6) is 0 Å². The summed E-state index contributed by atoms with van der Waals surface area (Å²) in [6, 6.07) is 8.35. The normalized spacial score (nSPS) is 25.2. The van der Waals surface area contributed by atoms with Crippen molar-refractivity contribution >= 4 is 11.5 Å². The molecule has 1 saturated heterocycles. The molecule has 0 saturated carbocycles. The molecule has 0 aromatic heterocycles. The highest BCUT2D eigenvalue weighted by Gasteiger charge is 2.53. The molecule has 1 N–H and O–H groups in total. The van der Waals surface area contributed by atoms with Crippen LogP contribution in [0.2, 0.25) is 0 Å². The SMILES string of the molecule is CCOC(=O)C1(CC)CCC[NH+]2CCC3=c4ccccc4=NC3=C21.[O-][Cl+3]([O-])([O-])[O-]. The van der Waals surface area contributed by atoms with Gasteiger partial charge >= 0.3 is 5.97 Å². The van der Waals surface area contributed by atoms with Crippen molar-refractivity contribution in [3.8, 4) is 0 Å². The number of nitrogens with one attached hydrogen (secondary N) is 1. The number of halogens is 1. The van der Waals surface area contributed by atoms with E-state index in [9.17, 15) is 4.79 Å². The third kappa shape index (κ3) is 4.37. The number of carbonyl (C=O) groups is 1. The van der Waals surface area contributed by atoms with Crippen molar-refractivity contribution in [1.82, 2.24) is 0 Å². The second-order valence-corrected chi connectivity index (χ2v) is 8.08. The second-order valence-electron chi connectivity index (χ2n) is 7.32. The number of esters is 1. The number of hydrogen-bond acceptors (Lipinski definition) is 7. The van der Waals surface area contributed by atoms with Crippen LogP contribution in [0.3, 0.4) is 0 Å². The lowest BCUT2D eigenvalue weighted by atomic mass is 9.72. The van der Waals surface area contributed by atoms with Crippen molar-refractivity contribution < 1.29 is 43.3 Å². The Balaban J connectivity index is 0.000000431. The number of benzene rings is 1. The lowest BCUT2D eigenvalue weighted by Crippen LogP contribution is -3.13. The first-order valence-corrected chi connectivity index (χ1v) is 11.0. The quantitative estimate of drug-likeness (QED) is 0.491. The van der Waals surface area contributed by atoms with E-state index in [1.54, 1.807) is 0 Å². The summed E-state index contributed by atoms with van der Waals surface area (Å²) >= 11 is 0. The molecule has 1 aromatic rings. The predicted molar refractivity (Wildman–Crippen MR) is 91.6 cm³/mol. The molecule has 0 bridgehead atoms. The Labute approximate surface area is 171 Å². The number of quaternary nitrogens is 1. The van der Waals surface area contributed by atoms with Gasteiger partial charge in [-0.05, 0) is 37.8 Å². The van der Waals surface area contributed by atoms with E-state index in [-0.39, 0.29) is 5.97 Å². The zero-order chi connectivity index (χ0) is 21.2. The van der Waals surface area contributed by atoms with E-state index >= 15 is 0 Å². The highest BCUT2D eigenvalue weighted by molar-refractivity contribution is 5.82. The molecule has 3 aliphatic heterocycles. The van der Waals surface area contributed by atoms with Crippen LogP contribution in [-0.4, -0.2) is 25.7 Å². The largest absolute Gasteiger partial charge is 0.465 e. The van der Waals surface area contributed by atoms with Crippen molar-refractivity contribution in [2.24, 2.45) is 10.4 Å². The molecule has 3 aliphatic rings. The Kier molecular flexibility index (Phi) is 6.42. The Hall–Kier alpha value is -1.81. The molecule has 4 rings (SSSR count). The van der Waals surface area contributed by atoms with Crippen LogP contribution in [0.15, 0.2) is 40.7 Å².